The van der Waals surface area contributed by atoms with Crippen molar-refractivity contribution in [3.8, 4) is 0 Å². The summed E-state index contributed by atoms with van der Waals surface area (Å²) in [7, 11) is 1.73. The van der Waals surface area contributed by atoms with Crippen LogP contribution < -0.4 is 10.6 Å². The van der Waals surface area contributed by atoms with Gasteiger partial charge in [0.25, 0.3) is 0 Å². The van der Waals surface area contributed by atoms with Crippen LogP contribution >= 0.6 is 0 Å². The largest absolute Gasteiger partial charge is 0.391 e. The van der Waals surface area contributed by atoms with Gasteiger partial charge in [-0.2, -0.15) is 13.2 Å². The second-order valence-electron chi connectivity index (χ2n) is 4.41. The Kier molecular flexibility index (Phi) is 5.38. The van der Waals surface area contributed by atoms with Crippen LogP contribution in [0.15, 0.2) is 6.33 Å². The summed E-state index contributed by atoms with van der Waals surface area (Å²) in [5.41, 5.74) is 0.821. The summed E-state index contributed by atoms with van der Waals surface area (Å²) in [6.07, 6.45) is -2.16. The molecule has 108 valence electrons. The summed E-state index contributed by atoms with van der Waals surface area (Å²) in [6.45, 7) is 3.49. The molecule has 1 atom stereocenters. The number of hydrogen-bond acceptors (Lipinski definition) is 4. The Bertz CT molecular complexity index is 406. The van der Waals surface area contributed by atoms with Crippen LogP contribution in [0.5, 0.6) is 0 Å². The van der Waals surface area contributed by atoms with E-state index in [1.54, 1.807) is 7.05 Å². The van der Waals surface area contributed by atoms with Gasteiger partial charge in [-0.05, 0) is 13.3 Å². The summed E-state index contributed by atoms with van der Waals surface area (Å²) >= 11 is 0. The van der Waals surface area contributed by atoms with Gasteiger partial charge in [-0.15, -0.1) is 0 Å². The summed E-state index contributed by atoms with van der Waals surface area (Å²) in [5.74, 6) is 1.12. The zero-order chi connectivity index (χ0) is 14.5. The van der Waals surface area contributed by atoms with Gasteiger partial charge in [0.2, 0.25) is 0 Å². The third kappa shape index (κ3) is 4.92. The molecule has 0 saturated carbocycles. The minimum Gasteiger partial charge on any atom is -0.373 e. The average molecular weight is 276 g/mol. The molecular formula is C12H19F3N4. The molecule has 2 N–H and O–H groups in total. The van der Waals surface area contributed by atoms with Crippen LogP contribution in [0, 0.1) is 0 Å². The van der Waals surface area contributed by atoms with Gasteiger partial charge in [0.05, 0.1) is 6.42 Å². The fraction of sp³-hybridized carbons (Fsp3) is 0.667. The summed E-state index contributed by atoms with van der Waals surface area (Å²) < 4.78 is 37.0. The molecule has 0 aliphatic heterocycles. The van der Waals surface area contributed by atoms with Gasteiger partial charge in [0, 0.05) is 18.7 Å². The highest BCUT2D eigenvalue weighted by molar-refractivity contribution is 5.57. The topological polar surface area (TPSA) is 49.8 Å². The van der Waals surface area contributed by atoms with Gasteiger partial charge >= 0.3 is 6.18 Å². The lowest BCUT2D eigenvalue weighted by atomic mass is 10.1. The first-order chi connectivity index (χ1) is 8.87. The molecule has 1 heterocycles. The van der Waals surface area contributed by atoms with Gasteiger partial charge in [0.15, 0.2) is 0 Å². The lowest BCUT2D eigenvalue weighted by Crippen LogP contribution is -2.25. The molecule has 4 nitrogen and oxygen atoms in total. The molecule has 0 bridgehead atoms. The van der Waals surface area contributed by atoms with Gasteiger partial charge in [0.1, 0.15) is 18.0 Å². The van der Waals surface area contributed by atoms with E-state index in [1.807, 2.05) is 6.92 Å². The minimum atomic E-state index is -4.18. The summed E-state index contributed by atoms with van der Waals surface area (Å²) in [6, 6.07) is -0.727. The lowest BCUT2D eigenvalue weighted by Gasteiger charge is -2.19. The molecule has 1 rings (SSSR count). The van der Waals surface area contributed by atoms with Crippen LogP contribution in [0.2, 0.25) is 0 Å². The number of nitrogens with one attached hydrogen (secondary N) is 2. The van der Waals surface area contributed by atoms with E-state index in [4.69, 9.17) is 0 Å². The SMILES string of the molecule is CCCc1c(NC)ncnc1NC(C)CC(F)(F)F. The molecule has 1 unspecified atom stereocenters. The quantitative estimate of drug-likeness (QED) is 0.837. The van der Waals surface area contributed by atoms with Gasteiger partial charge < -0.3 is 10.6 Å². The molecule has 19 heavy (non-hydrogen) atoms. The van der Waals surface area contributed by atoms with Crippen LogP contribution in [0.4, 0.5) is 24.8 Å². The van der Waals surface area contributed by atoms with Crippen molar-refractivity contribution in [1.82, 2.24) is 9.97 Å². The standard InChI is InChI=1S/C12H19F3N4/c1-4-5-9-10(16-3)17-7-18-11(9)19-8(2)6-12(13,14)15/h7-8H,4-6H2,1-3H3,(H2,16,17,18,19). The van der Waals surface area contributed by atoms with Crippen molar-refractivity contribution in [3.63, 3.8) is 0 Å². The van der Waals surface area contributed by atoms with E-state index >= 15 is 0 Å². The minimum absolute atomic E-state index is 0.470. The zero-order valence-corrected chi connectivity index (χ0v) is 11.3. The van der Waals surface area contributed by atoms with Crippen LogP contribution in [0.1, 0.15) is 32.3 Å². The number of aromatic nitrogens is 2. The predicted molar refractivity (Wildman–Crippen MR) is 69.3 cm³/mol. The molecule has 0 amide bonds. The Balaban J connectivity index is 2.87. The van der Waals surface area contributed by atoms with Crippen molar-refractivity contribution < 1.29 is 13.2 Å². The van der Waals surface area contributed by atoms with E-state index in [9.17, 15) is 13.2 Å². The number of anilines is 2. The smallest absolute Gasteiger partial charge is 0.373 e. The Morgan fingerprint density at radius 1 is 1.26 bits per heavy atom. The van der Waals surface area contributed by atoms with Crippen LogP contribution in [0.25, 0.3) is 0 Å². The molecule has 0 aliphatic rings. The van der Waals surface area contributed by atoms with E-state index < -0.39 is 18.6 Å². The molecule has 7 heteroatoms. The van der Waals surface area contributed by atoms with Crippen molar-refractivity contribution in [2.75, 3.05) is 17.7 Å². The van der Waals surface area contributed by atoms with E-state index in [0.29, 0.717) is 18.1 Å². The lowest BCUT2D eigenvalue weighted by molar-refractivity contribution is -0.136. The van der Waals surface area contributed by atoms with Gasteiger partial charge in [-0.3, -0.25) is 0 Å². The summed E-state index contributed by atoms with van der Waals surface area (Å²) in [5, 5.41) is 5.74. The fourth-order valence-corrected chi connectivity index (χ4v) is 1.87. The molecule has 0 fully saturated rings. The van der Waals surface area contributed by atoms with Crippen LogP contribution in [-0.2, 0) is 6.42 Å². The molecular weight excluding hydrogens is 257 g/mol. The van der Waals surface area contributed by atoms with Crippen LogP contribution in [-0.4, -0.2) is 29.2 Å². The van der Waals surface area contributed by atoms with E-state index in [0.717, 1.165) is 12.0 Å². The average Bonchev–Trinajstić information content (AvgIpc) is 2.29. The number of nitrogens with zero attached hydrogens (tertiary/aromatic N) is 2. The molecule has 0 saturated heterocycles. The normalized spacial score (nSPS) is 13.2. The Hall–Kier alpha value is -1.53. The molecule has 1 aromatic rings. The fourth-order valence-electron chi connectivity index (χ4n) is 1.87. The molecule has 0 radical (unpaired) electrons. The highest BCUT2D eigenvalue weighted by Crippen LogP contribution is 2.26. The zero-order valence-electron chi connectivity index (χ0n) is 11.3. The van der Waals surface area contributed by atoms with Crippen molar-refractivity contribution in [1.29, 1.82) is 0 Å². The first-order valence-corrected chi connectivity index (χ1v) is 6.22. The third-order valence-corrected chi connectivity index (χ3v) is 2.60. The third-order valence-electron chi connectivity index (χ3n) is 2.60. The number of alkyl halides is 3. The molecule has 0 aromatic carbocycles. The molecule has 1 aromatic heterocycles. The predicted octanol–water partition coefficient (Wildman–Crippen LogP) is 3.22. The number of halogens is 3. The maximum Gasteiger partial charge on any atom is 0.391 e. The number of rotatable bonds is 6. The van der Waals surface area contributed by atoms with E-state index in [-0.39, 0.29) is 0 Å². The van der Waals surface area contributed by atoms with Crippen molar-refractivity contribution in [3.05, 3.63) is 11.9 Å². The van der Waals surface area contributed by atoms with Crippen molar-refractivity contribution in [2.45, 2.75) is 45.3 Å². The van der Waals surface area contributed by atoms with Gasteiger partial charge in [-0.1, -0.05) is 13.3 Å². The second-order valence-corrected chi connectivity index (χ2v) is 4.41. The Morgan fingerprint density at radius 2 is 1.89 bits per heavy atom. The maximum absolute atomic E-state index is 12.3. The molecule has 0 aliphatic carbocycles. The van der Waals surface area contributed by atoms with Crippen LogP contribution in [0.3, 0.4) is 0 Å². The van der Waals surface area contributed by atoms with Gasteiger partial charge in [-0.25, -0.2) is 9.97 Å². The maximum atomic E-state index is 12.3. The highest BCUT2D eigenvalue weighted by atomic mass is 19.4. The summed E-state index contributed by atoms with van der Waals surface area (Å²) in [4.78, 5) is 8.12. The van der Waals surface area contributed by atoms with E-state index in [1.165, 1.54) is 13.3 Å². The van der Waals surface area contributed by atoms with Crippen molar-refractivity contribution >= 4 is 11.6 Å². The second kappa shape index (κ2) is 6.58. The Morgan fingerprint density at radius 3 is 2.42 bits per heavy atom. The highest BCUT2D eigenvalue weighted by Gasteiger charge is 2.30. The van der Waals surface area contributed by atoms with Crippen molar-refractivity contribution in [2.24, 2.45) is 0 Å². The first-order valence-electron chi connectivity index (χ1n) is 6.22. The number of hydrogen-bond donors (Lipinski definition) is 2. The first kappa shape index (κ1) is 15.5. The van der Waals surface area contributed by atoms with E-state index in [2.05, 4.69) is 20.6 Å². The monoisotopic (exact) mass is 276 g/mol. The molecule has 0 spiro atoms. The Labute approximate surface area is 110 Å².